The van der Waals surface area contributed by atoms with Crippen molar-refractivity contribution < 1.29 is 0 Å². The van der Waals surface area contributed by atoms with E-state index in [4.69, 9.17) is 16.6 Å². The van der Waals surface area contributed by atoms with Gasteiger partial charge in [0.1, 0.15) is 0 Å². The number of piperazine rings is 1. The summed E-state index contributed by atoms with van der Waals surface area (Å²) in [6.07, 6.45) is 0. The Labute approximate surface area is 171 Å². The van der Waals surface area contributed by atoms with E-state index in [-0.39, 0.29) is 5.56 Å². The van der Waals surface area contributed by atoms with Crippen molar-refractivity contribution in [3.63, 3.8) is 0 Å². The quantitative estimate of drug-likeness (QED) is 0.498. The first-order chi connectivity index (χ1) is 13.6. The van der Waals surface area contributed by atoms with Crippen molar-refractivity contribution in [1.82, 2.24) is 9.55 Å². The van der Waals surface area contributed by atoms with Gasteiger partial charge in [0.15, 0.2) is 5.13 Å². The highest BCUT2D eigenvalue weighted by Gasteiger charge is 2.21. The minimum Gasteiger partial charge on any atom is -0.367 e. The molecule has 7 heteroatoms. The SMILES string of the molecule is Cn1c(=O)ccc2c3sc(N4CCN(c5ccccc5Cl)CC4)nc3ccc21. The number of fused-ring (bicyclic) bond motifs is 3. The number of benzene rings is 2. The van der Waals surface area contributed by atoms with Crippen molar-refractivity contribution in [3.05, 3.63) is 63.9 Å². The van der Waals surface area contributed by atoms with Gasteiger partial charge in [-0.25, -0.2) is 4.98 Å². The fraction of sp³-hybridized carbons (Fsp3) is 0.238. The van der Waals surface area contributed by atoms with Crippen LogP contribution in [0.3, 0.4) is 0 Å². The Morgan fingerprint density at radius 2 is 1.71 bits per heavy atom. The molecule has 0 spiro atoms. The van der Waals surface area contributed by atoms with Gasteiger partial charge in [-0.15, -0.1) is 0 Å². The third-order valence-electron chi connectivity index (χ3n) is 5.39. The van der Waals surface area contributed by atoms with Crippen molar-refractivity contribution in [3.8, 4) is 0 Å². The predicted molar refractivity (Wildman–Crippen MR) is 118 cm³/mol. The van der Waals surface area contributed by atoms with Crippen molar-refractivity contribution in [1.29, 1.82) is 0 Å². The van der Waals surface area contributed by atoms with Crippen LogP contribution in [0, 0.1) is 0 Å². The highest BCUT2D eigenvalue weighted by Crippen LogP contribution is 2.35. The fourth-order valence-electron chi connectivity index (χ4n) is 3.81. The van der Waals surface area contributed by atoms with Crippen LogP contribution in [0.15, 0.2) is 53.3 Å². The van der Waals surface area contributed by atoms with Crippen LogP contribution in [-0.4, -0.2) is 35.7 Å². The number of thiazole rings is 1. The molecule has 0 saturated carbocycles. The van der Waals surface area contributed by atoms with E-state index in [2.05, 4.69) is 15.9 Å². The summed E-state index contributed by atoms with van der Waals surface area (Å²) in [4.78, 5) is 21.5. The maximum atomic E-state index is 11.9. The monoisotopic (exact) mass is 410 g/mol. The molecule has 0 aliphatic carbocycles. The molecule has 4 aromatic rings. The van der Waals surface area contributed by atoms with Crippen LogP contribution >= 0.6 is 22.9 Å². The van der Waals surface area contributed by atoms with Gasteiger partial charge < -0.3 is 14.4 Å². The van der Waals surface area contributed by atoms with E-state index in [1.54, 1.807) is 22.0 Å². The Morgan fingerprint density at radius 3 is 2.50 bits per heavy atom. The van der Waals surface area contributed by atoms with Gasteiger partial charge in [0, 0.05) is 44.7 Å². The molecule has 0 radical (unpaired) electrons. The van der Waals surface area contributed by atoms with Crippen molar-refractivity contribution in [2.75, 3.05) is 36.0 Å². The second-order valence-corrected chi connectivity index (χ2v) is 8.38. The molecule has 142 valence electrons. The standard InChI is InChI=1S/C21H19ClN4OS/c1-24-17-8-7-16-20(14(17)6-9-19(24)27)28-21(23-16)26-12-10-25(11-13-26)18-5-3-2-4-15(18)22/h2-9H,10-13H2,1H3. The van der Waals surface area contributed by atoms with Gasteiger partial charge >= 0.3 is 0 Å². The molecule has 0 amide bonds. The van der Waals surface area contributed by atoms with Crippen molar-refractivity contribution in [2.45, 2.75) is 0 Å². The van der Waals surface area contributed by atoms with Gasteiger partial charge in [-0.05, 0) is 30.3 Å². The topological polar surface area (TPSA) is 41.4 Å². The summed E-state index contributed by atoms with van der Waals surface area (Å²) in [5.74, 6) is 0. The summed E-state index contributed by atoms with van der Waals surface area (Å²) in [5.41, 5.74) is 3.03. The lowest BCUT2D eigenvalue weighted by atomic mass is 10.2. The molecule has 0 N–H and O–H groups in total. The summed E-state index contributed by atoms with van der Waals surface area (Å²) >= 11 is 8.06. The molecule has 2 aromatic heterocycles. The van der Waals surface area contributed by atoms with Crippen LogP contribution in [-0.2, 0) is 7.05 Å². The van der Waals surface area contributed by atoms with Gasteiger partial charge in [0.25, 0.3) is 5.56 Å². The van der Waals surface area contributed by atoms with Crippen LogP contribution in [0.1, 0.15) is 0 Å². The average Bonchev–Trinajstić information content (AvgIpc) is 3.16. The van der Waals surface area contributed by atoms with Gasteiger partial charge in [-0.3, -0.25) is 4.79 Å². The second-order valence-electron chi connectivity index (χ2n) is 7.00. The molecule has 2 aromatic carbocycles. The van der Waals surface area contributed by atoms with Crippen LogP contribution in [0.5, 0.6) is 0 Å². The number of halogens is 1. The predicted octanol–water partition coefficient (Wildman–Crippen LogP) is 4.13. The zero-order valence-electron chi connectivity index (χ0n) is 15.4. The lowest BCUT2D eigenvalue weighted by molar-refractivity contribution is 0.652. The molecule has 1 fully saturated rings. The molecule has 1 aliphatic heterocycles. The molecule has 3 heterocycles. The zero-order valence-corrected chi connectivity index (χ0v) is 17.0. The van der Waals surface area contributed by atoms with Gasteiger partial charge in [-0.1, -0.05) is 35.1 Å². The van der Waals surface area contributed by atoms with Crippen LogP contribution in [0.4, 0.5) is 10.8 Å². The molecule has 0 atom stereocenters. The van der Waals surface area contributed by atoms with E-state index in [0.29, 0.717) is 0 Å². The van der Waals surface area contributed by atoms with E-state index in [1.165, 1.54) is 0 Å². The van der Waals surface area contributed by atoms with E-state index >= 15 is 0 Å². The molecule has 0 bridgehead atoms. The lowest BCUT2D eigenvalue weighted by Gasteiger charge is -2.36. The normalized spacial score (nSPS) is 14.9. The molecular weight excluding hydrogens is 392 g/mol. The Kier molecular flexibility index (Phi) is 4.25. The number of anilines is 2. The number of hydrogen-bond donors (Lipinski definition) is 0. The van der Waals surface area contributed by atoms with Crippen LogP contribution < -0.4 is 15.4 Å². The minimum absolute atomic E-state index is 0.00674. The molecule has 5 nitrogen and oxygen atoms in total. The van der Waals surface area contributed by atoms with Gasteiger partial charge in [0.05, 0.1) is 26.4 Å². The Balaban J connectivity index is 1.45. The average molecular weight is 411 g/mol. The molecular formula is C21H19ClN4OS. The first-order valence-corrected chi connectivity index (χ1v) is 10.4. The van der Waals surface area contributed by atoms with Crippen molar-refractivity contribution >= 4 is 54.9 Å². The molecule has 0 unspecified atom stereocenters. The number of hydrogen-bond acceptors (Lipinski definition) is 5. The van der Waals surface area contributed by atoms with E-state index in [9.17, 15) is 4.79 Å². The lowest BCUT2D eigenvalue weighted by Crippen LogP contribution is -2.46. The summed E-state index contributed by atoms with van der Waals surface area (Å²) in [5, 5.41) is 2.92. The maximum absolute atomic E-state index is 11.9. The zero-order chi connectivity index (χ0) is 19.3. The Morgan fingerprint density at radius 1 is 0.964 bits per heavy atom. The van der Waals surface area contributed by atoms with Crippen LogP contribution in [0.25, 0.3) is 21.1 Å². The molecule has 1 saturated heterocycles. The number of pyridine rings is 1. The fourth-order valence-corrected chi connectivity index (χ4v) is 5.21. The summed E-state index contributed by atoms with van der Waals surface area (Å²) in [6, 6.07) is 15.5. The van der Waals surface area contributed by atoms with E-state index in [1.807, 2.05) is 43.4 Å². The molecule has 28 heavy (non-hydrogen) atoms. The van der Waals surface area contributed by atoms with Crippen LogP contribution in [0.2, 0.25) is 5.02 Å². The largest absolute Gasteiger partial charge is 0.367 e. The van der Waals surface area contributed by atoms with E-state index < -0.39 is 0 Å². The number of nitrogens with zero attached hydrogens (tertiary/aromatic N) is 4. The summed E-state index contributed by atoms with van der Waals surface area (Å²) < 4.78 is 2.83. The summed E-state index contributed by atoms with van der Waals surface area (Å²) in [7, 11) is 1.81. The van der Waals surface area contributed by atoms with E-state index in [0.717, 1.165) is 63.1 Å². The molecule has 5 rings (SSSR count). The number of aromatic nitrogens is 2. The van der Waals surface area contributed by atoms with Gasteiger partial charge in [-0.2, -0.15) is 0 Å². The Bertz CT molecular complexity index is 1240. The summed E-state index contributed by atoms with van der Waals surface area (Å²) in [6.45, 7) is 3.63. The number of aryl methyl sites for hydroxylation is 1. The van der Waals surface area contributed by atoms with Gasteiger partial charge in [0.2, 0.25) is 0 Å². The third kappa shape index (κ3) is 2.84. The molecule has 1 aliphatic rings. The first kappa shape index (κ1) is 17.5. The highest BCUT2D eigenvalue weighted by molar-refractivity contribution is 7.23. The third-order valence-corrected chi connectivity index (χ3v) is 6.87. The number of para-hydroxylation sites is 1. The number of rotatable bonds is 2. The smallest absolute Gasteiger partial charge is 0.250 e. The first-order valence-electron chi connectivity index (χ1n) is 9.25. The van der Waals surface area contributed by atoms with Crippen molar-refractivity contribution in [2.24, 2.45) is 7.05 Å². The maximum Gasteiger partial charge on any atom is 0.250 e. The Hall–Kier alpha value is -2.57. The minimum atomic E-state index is 0.00674. The highest BCUT2D eigenvalue weighted by atomic mass is 35.5. The second kappa shape index (κ2) is 6.79.